The molecule has 0 amide bonds. The second-order valence-electron chi connectivity index (χ2n) is 15.7. The molecule has 0 unspecified atom stereocenters. The van der Waals surface area contributed by atoms with Crippen molar-refractivity contribution in [1.29, 1.82) is 0 Å². The highest BCUT2D eigenvalue weighted by Crippen LogP contribution is 2.71. The van der Waals surface area contributed by atoms with E-state index in [4.69, 9.17) is 14.2 Å². The van der Waals surface area contributed by atoms with Crippen LogP contribution in [0.1, 0.15) is 137 Å². The molecule has 4 aliphatic carbocycles. The molecule has 0 aromatic carbocycles. The number of hydrogen-bond acceptors (Lipinski definition) is 4. The molecule has 222 valence electrons. The van der Waals surface area contributed by atoms with E-state index >= 15 is 0 Å². The molecule has 39 heavy (non-hydrogen) atoms. The van der Waals surface area contributed by atoms with Gasteiger partial charge in [-0.05, 0) is 111 Å². The minimum absolute atomic E-state index is 0.0583. The average molecular weight is 543 g/mol. The van der Waals surface area contributed by atoms with Gasteiger partial charge < -0.3 is 14.2 Å². The van der Waals surface area contributed by atoms with E-state index in [1.165, 1.54) is 64.2 Å². The summed E-state index contributed by atoms with van der Waals surface area (Å²) >= 11 is 0. The first-order valence-electron chi connectivity index (χ1n) is 17.2. The molecule has 2 aliphatic heterocycles. The molecular weight excluding hydrogens is 484 g/mol. The molecule has 0 aromatic heterocycles. The zero-order chi connectivity index (χ0) is 27.4. The van der Waals surface area contributed by atoms with Crippen molar-refractivity contribution in [2.24, 2.45) is 52.3 Å². The fraction of sp³-hybridized carbons (Fsp3) is 0.971. The highest BCUT2D eigenvalue weighted by Gasteiger charge is 2.69. The van der Waals surface area contributed by atoms with E-state index in [-0.39, 0.29) is 17.9 Å². The van der Waals surface area contributed by atoms with Crippen LogP contribution in [0.5, 0.6) is 0 Å². The molecule has 1 spiro atoms. The van der Waals surface area contributed by atoms with Crippen LogP contribution in [0.15, 0.2) is 0 Å². The predicted octanol–water partition coefficient (Wildman–Crippen LogP) is 8.71. The summed E-state index contributed by atoms with van der Waals surface area (Å²) in [7, 11) is 0. The van der Waals surface area contributed by atoms with Crippen LogP contribution in [-0.2, 0) is 19.0 Å². The highest BCUT2D eigenvalue weighted by molar-refractivity contribution is 5.69. The summed E-state index contributed by atoms with van der Waals surface area (Å²) < 4.78 is 19.6. The quantitative estimate of drug-likeness (QED) is 0.238. The molecule has 4 heteroatoms. The van der Waals surface area contributed by atoms with E-state index in [9.17, 15) is 4.79 Å². The van der Waals surface area contributed by atoms with Gasteiger partial charge in [0.05, 0.1) is 12.7 Å². The Morgan fingerprint density at radius 2 is 1.67 bits per heavy atom. The number of unbranched alkanes of at least 4 members (excludes halogenated alkanes) is 4. The van der Waals surface area contributed by atoms with Gasteiger partial charge in [-0.1, -0.05) is 60.3 Å². The topological polar surface area (TPSA) is 44.8 Å². The van der Waals surface area contributed by atoms with Gasteiger partial charge in [0.1, 0.15) is 6.10 Å². The van der Waals surface area contributed by atoms with E-state index in [1.54, 1.807) is 0 Å². The lowest BCUT2D eigenvalue weighted by Gasteiger charge is -2.61. The lowest BCUT2D eigenvalue weighted by molar-refractivity contribution is -0.273. The van der Waals surface area contributed by atoms with Crippen LogP contribution < -0.4 is 0 Å². The molecule has 2 saturated heterocycles. The fourth-order valence-electron chi connectivity index (χ4n) is 11.5. The minimum Gasteiger partial charge on any atom is -0.462 e. The van der Waals surface area contributed by atoms with Crippen molar-refractivity contribution in [2.75, 3.05) is 6.61 Å². The predicted molar refractivity (Wildman–Crippen MR) is 155 cm³/mol. The Hall–Kier alpha value is -0.610. The van der Waals surface area contributed by atoms with Crippen LogP contribution in [0.2, 0.25) is 0 Å². The second kappa shape index (κ2) is 10.9. The Kier molecular flexibility index (Phi) is 7.97. The largest absolute Gasteiger partial charge is 0.462 e. The van der Waals surface area contributed by atoms with Crippen LogP contribution in [0.25, 0.3) is 0 Å². The number of fused-ring (bicyclic) bond motifs is 7. The van der Waals surface area contributed by atoms with Crippen molar-refractivity contribution in [3.63, 3.8) is 0 Å². The molecule has 6 fully saturated rings. The van der Waals surface area contributed by atoms with Gasteiger partial charge in [-0.3, -0.25) is 4.79 Å². The molecule has 12 atom stereocenters. The summed E-state index contributed by atoms with van der Waals surface area (Å²) in [5.74, 6) is 4.77. The van der Waals surface area contributed by atoms with Gasteiger partial charge in [0, 0.05) is 18.8 Å². The van der Waals surface area contributed by atoms with E-state index in [2.05, 4.69) is 34.6 Å². The Balaban J connectivity index is 1.07. The maximum Gasteiger partial charge on any atom is 0.306 e. The summed E-state index contributed by atoms with van der Waals surface area (Å²) in [4.78, 5) is 12.6. The van der Waals surface area contributed by atoms with Crippen molar-refractivity contribution in [1.82, 2.24) is 0 Å². The highest BCUT2D eigenvalue weighted by atomic mass is 16.7. The normalized spacial score (nSPS) is 50.6. The van der Waals surface area contributed by atoms with Gasteiger partial charge >= 0.3 is 5.97 Å². The summed E-state index contributed by atoms with van der Waals surface area (Å²) in [6, 6.07) is 0. The Morgan fingerprint density at radius 1 is 0.872 bits per heavy atom. The number of ether oxygens (including phenoxy) is 3. The van der Waals surface area contributed by atoms with Gasteiger partial charge in [-0.25, -0.2) is 0 Å². The third-order valence-corrected chi connectivity index (χ3v) is 13.7. The number of esters is 1. The number of rotatable bonds is 7. The van der Waals surface area contributed by atoms with Crippen LogP contribution in [0, 0.1) is 52.3 Å². The van der Waals surface area contributed by atoms with Gasteiger partial charge in [-0.15, -0.1) is 0 Å². The van der Waals surface area contributed by atoms with E-state index in [0.717, 1.165) is 62.4 Å². The number of carbonyl (C=O) groups excluding carboxylic acids is 1. The minimum atomic E-state index is -0.304. The van der Waals surface area contributed by atoms with Crippen molar-refractivity contribution >= 4 is 5.97 Å². The molecular formula is C35H58O4. The molecule has 4 nitrogen and oxygen atoms in total. The first kappa shape index (κ1) is 28.5. The fourth-order valence-corrected chi connectivity index (χ4v) is 11.5. The van der Waals surface area contributed by atoms with Gasteiger partial charge in [0.2, 0.25) is 0 Å². The Morgan fingerprint density at radius 3 is 2.44 bits per heavy atom. The standard InChI is InChI=1S/C35H58O4/c1-6-7-8-9-10-11-31(36)38-26-15-17-33(4)25(20-26)12-13-27-28(33)16-18-34(5)29(27)21-30-32(34)24(3)35(39-30)19-14-23(2)22-37-35/h23-30,32H,6-22H2,1-5H3/t23-,24+,25+,26-,27-,28-,29-,30+,32+,33+,34+,35-/m1/s1. The van der Waals surface area contributed by atoms with Crippen molar-refractivity contribution in [3.8, 4) is 0 Å². The Labute approximate surface area is 239 Å². The Bertz CT molecular complexity index is 878. The van der Waals surface area contributed by atoms with Crippen LogP contribution in [-0.4, -0.2) is 30.6 Å². The van der Waals surface area contributed by atoms with Gasteiger partial charge in [0.15, 0.2) is 5.79 Å². The summed E-state index contributed by atoms with van der Waals surface area (Å²) in [5, 5.41) is 0. The van der Waals surface area contributed by atoms with Crippen LogP contribution >= 0.6 is 0 Å². The molecule has 0 bridgehead atoms. The lowest BCUT2D eigenvalue weighted by Crippen LogP contribution is -2.55. The number of hydrogen-bond donors (Lipinski definition) is 0. The summed E-state index contributed by atoms with van der Waals surface area (Å²) in [6.45, 7) is 13.2. The monoisotopic (exact) mass is 542 g/mol. The van der Waals surface area contributed by atoms with Gasteiger partial charge in [0.25, 0.3) is 0 Å². The van der Waals surface area contributed by atoms with Gasteiger partial charge in [-0.2, -0.15) is 0 Å². The first-order valence-corrected chi connectivity index (χ1v) is 17.2. The van der Waals surface area contributed by atoms with E-state index < -0.39 is 0 Å². The molecule has 6 rings (SSSR count). The third kappa shape index (κ3) is 4.84. The zero-order valence-corrected chi connectivity index (χ0v) is 25.8. The SMILES string of the molecule is CCCCCCCC(=O)O[C@@H]1CC[C@@]2(C)[C@@H](CC[C@@H]3[C@H]2CC[C@]2(C)[C@@H]4[C@H](C[C@H]32)O[C@]2(CC[C@@H](C)CO2)[C@H]4C)C1. The third-order valence-electron chi connectivity index (χ3n) is 13.7. The van der Waals surface area contributed by atoms with Crippen LogP contribution in [0.4, 0.5) is 0 Å². The zero-order valence-electron chi connectivity index (χ0n) is 25.8. The van der Waals surface area contributed by atoms with Crippen molar-refractivity contribution in [3.05, 3.63) is 0 Å². The molecule has 0 N–H and O–H groups in total. The van der Waals surface area contributed by atoms with Crippen molar-refractivity contribution < 1.29 is 19.0 Å². The van der Waals surface area contributed by atoms with E-state index in [0.29, 0.717) is 41.1 Å². The maximum absolute atomic E-state index is 12.6. The first-order chi connectivity index (χ1) is 18.7. The van der Waals surface area contributed by atoms with E-state index in [1.807, 2.05) is 0 Å². The molecule has 4 saturated carbocycles. The second-order valence-corrected chi connectivity index (χ2v) is 15.7. The molecule has 0 radical (unpaired) electrons. The van der Waals surface area contributed by atoms with Crippen molar-refractivity contribution in [2.45, 2.75) is 155 Å². The van der Waals surface area contributed by atoms with Crippen LogP contribution in [0.3, 0.4) is 0 Å². The summed E-state index contributed by atoms with van der Waals surface area (Å²) in [6.07, 6.45) is 19.5. The average Bonchev–Trinajstić information content (AvgIpc) is 3.36. The lowest BCUT2D eigenvalue weighted by atomic mass is 9.44. The summed E-state index contributed by atoms with van der Waals surface area (Å²) in [5.41, 5.74) is 0.815. The molecule has 2 heterocycles. The molecule has 0 aromatic rings. The smallest absolute Gasteiger partial charge is 0.306 e. The molecule has 6 aliphatic rings. The maximum atomic E-state index is 12.6. The number of carbonyl (C=O) groups is 1.